The van der Waals surface area contributed by atoms with Crippen LogP contribution in [0, 0.1) is 0 Å². The van der Waals surface area contributed by atoms with E-state index in [9.17, 15) is 13.2 Å². The normalized spacial score (nSPS) is 14.1. The zero-order valence-electron chi connectivity index (χ0n) is 17.4. The van der Waals surface area contributed by atoms with Gasteiger partial charge in [0.25, 0.3) is 0 Å². The minimum Gasteiger partial charge on any atom is -0.462 e. The van der Waals surface area contributed by atoms with Crippen LogP contribution in [-0.4, -0.2) is 26.1 Å². The Balaban J connectivity index is 1.72. The van der Waals surface area contributed by atoms with E-state index in [0.717, 1.165) is 36.8 Å². The Bertz CT molecular complexity index is 1050. The van der Waals surface area contributed by atoms with E-state index in [-0.39, 0.29) is 10.9 Å². The summed E-state index contributed by atoms with van der Waals surface area (Å²) in [5.74, 6) is -0.315. The third-order valence-corrected chi connectivity index (χ3v) is 7.47. The fourth-order valence-electron chi connectivity index (χ4n) is 3.55. The highest BCUT2D eigenvalue weighted by Gasteiger charge is 2.25. The van der Waals surface area contributed by atoms with E-state index < -0.39 is 10.0 Å². The van der Waals surface area contributed by atoms with Crippen LogP contribution in [0.25, 0.3) is 0 Å². The van der Waals surface area contributed by atoms with E-state index in [1.165, 1.54) is 29.9 Å². The van der Waals surface area contributed by atoms with Crippen LogP contribution in [0.5, 0.6) is 0 Å². The molecule has 0 aliphatic heterocycles. The molecule has 7 nitrogen and oxygen atoms in total. The lowest BCUT2D eigenvalue weighted by Crippen LogP contribution is -2.28. The molecule has 0 saturated carbocycles. The number of ether oxygens (including phenoxy) is 1. The number of rotatable bonds is 6. The second-order valence-electron chi connectivity index (χ2n) is 7.34. The highest BCUT2D eigenvalue weighted by atomic mass is 32.2. The number of carbonyl (C=O) groups is 1. The molecule has 168 valence electrons. The Morgan fingerprint density at radius 2 is 1.84 bits per heavy atom. The van der Waals surface area contributed by atoms with E-state index >= 15 is 0 Å². The Labute approximate surface area is 192 Å². The van der Waals surface area contributed by atoms with Gasteiger partial charge in [-0.25, -0.2) is 18.4 Å². The van der Waals surface area contributed by atoms with Crippen molar-refractivity contribution >= 4 is 49.7 Å². The molecule has 1 aliphatic rings. The maximum absolute atomic E-state index is 12.7. The number of nitrogens with one attached hydrogen (secondary N) is 2. The number of anilines is 1. The number of aryl methyl sites for hydroxylation is 1. The van der Waals surface area contributed by atoms with Gasteiger partial charge < -0.3 is 15.4 Å². The van der Waals surface area contributed by atoms with Gasteiger partial charge in [0.15, 0.2) is 5.11 Å². The second-order valence-corrected chi connectivity index (χ2v) is 10.4. The zero-order valence-corrected chi connectivity index (χ0v) is 19.9. The SMILES string of the molecule is CCOC(=O)c1c(NC(=S)NCc2ccc(S(N)(=O)=O)cc2)sc2c1CCCCCC2. The van der Waals surface area contributed by atoms with E-state index in [2.05, 4.69) is 10.6 Å². The topological polar surface area (TPSA) is 111 Å². The van der Waals surface area contributed by atoms with Gasteiger partial charge in [-0.05, 0) is 68.1 Å². The number of benzene rings is 1. The summed E-state index contributed by atoms with van der Waals surface area (Å²) in [6.07, 6.45) is 6.39. The minimum absolute atomic E-state index is 0.0621. The fraction of sp³-hybridized carbons (Fsp3) is 0.429. The van der Waals surface area contributed by atoms with Gasteiger partial charge in [0, 0.05) is 11.4 Å². The fourth-order valence-corrected chi connectivity index (χ4v) is 5.59. The van der Waals surface area contributed by atoms with Crippen LogP contribution < -0.4 is 15.8 Å². The average Bonchev–Trinajstić information content (AvgIpc) is 3.02. The van der Waals surface area contributed by atoms with Crippen molar-refractivity contribution in [2.45, 2.75) is 56.9 Å². The first-order valence-corrected chi connectivity index (χ1v) is 13.0. The van der Waals surface area contributed by atoms with Crippen LogP contribution in [-0.2, 0) is 34.1 Å². The van der Waals surface area contributed by atoms with Crippen LogP contribution in [0.15, 0.2) is 29.2 Å². The highest BCUT2D eigenvalue weighted by Crippen LogP contribution is 2.37. The molecular weight excluding hydrogens is 454 g/mol. The average molecular weight is 482 g/mol. The molecule has 2 aromatic rings. The molecule has 0 bridgehead atoms. The minimum atomic E-state index is -3.72. The number of sulfonamides is 1. The summed E-state index contributed by atoms with van der Waals surface area (Å²) in [6, 6.07) is 6.27. The molecule has 3 rings (SSSR count). The summed E-state index contributed by atoms with van der Waals surface area (Å²) in [4.78, 5) is 14.0. The molecule has 0 amide bonds. The number of fused-ring (bicyclic) bond motifs is 1. The quantitative estimate of drug-likeness (QED) is 0.426. The number of nitrogens with two attached hydrogens (primary N) is 1. The van der Waals surface area contributed by atoms with Crippen molar-refractivity contribution in [3.8, 4) is 0 Å². The van der Waals surface area contributed by atoms with Gasteiger partial charge in [-0.15, -0.1) is 11.3 Å². The second kappa shape index (κ2) is 10.5. The van der Waals surface area contributed by atoms with Gasteiger partial charge in [-0.1, -0.05) is 25.0 Å². The Morgan fingerprint density at radius 1 is 1.16 bits per heavy atom. The molecule has 0 spiro atoms. The van der Waals surface area contributed by atoms with Crippen LogP contribution >= 0.6 is 23.6 Å². The lowest BCUT2D eigenvalue weighted by molar-refractivity contribution is 0.0526. The van der Waals surface area contributed by atoms with Gasteiger partial charge in [0.2, 0.25) is 10.0 Å². The molecule has 0 unspecified atom stereocenters. The number of primary sulfonamides is 1. The summed E-state index contributed by atoms with van der Waals surface area (Å²) in [5, 5.41) is 12.5. The van der Waals surface area contributed by atoms with Gasteiger partial charge in [0.05, 0.1) is 17.1 Å². The maximum atomic E-state index is 12.7. The highest BCUT2D eigenvalue weighted by molar-refractivity contribution is 7.89. The number of esters is 1. The number of thiocarbonyl (C=S) groups is 1. The van der Waals surface area contributed by atoms with Crippen molar-refractivity contribution in [2.75, 3.05) is 11.9 Å². The summed E-state index contributed by atoms with van der Waals surface area (Å²) in [6.45, 7) is 2.52. The first kappa shape index (κ1) is 23.6. The van der Waals surface area contributed by atoms with Crippen molar-refractivity contribution in [3.05, 3.63) is 45.8 Å². The van der Waals surface area contributed by atoms with Crippen LogP contribution in [0.1, 0.15) is 59.0 Å². The van der Waals surface area contributed by atoms with Crippen molar-refractivity contribution in [1.82, 2.24) is 5.32 Å². The molecule has 1 heterocycles. The smallest absolute Gasteiger partial charge is 0.341 e. The molecule has 0 atom stereocenters. The standard InChI is InChI=1S/C21H27N3O4S3/c1-2-28-20(25)18-16-7-5-3-4-6-8-17(16)30-19(18)24-21(29)23-13-14-9-11-15(12-10-14)31(22,26)27/h9-12H,2-8,13H2,1H3,(H2,22,26,27)(H2,23,24,29). The van der Waals surface area contributed by atoms with Gasteiger partial charge in [-0.2, -0.15) is 0 Å². The molecule has 4 N–H and O–H groups in total. The zero-order chi connectivity index (χ0) is 22.4. The molecule has 0 saturated heterocycles. The Morgan fingerprint density at radius 3 is 2.48 bits per heavy atom. The summed E-state index contributed by atoms with van der Waals surface area (Å²) < 4.78 is 28.1. The van der Waals surface area contributed by atoms with E-state index in [1.54, 1.807) is 30.4 Å². The van der Waals surface area contributed by atoms with Gasteiger partial charge in [0.1, 0.15) is 5.00 Å². The Hall–Kier alpha value is -2.01. The van der Waals surface area contributed by atoms with E-state index in [4.69, 9.17) is 22.1 Å². The third kappa shape index (κ3) is 6.25. The van der Waals surface area contributed by atoms with Gasteiger partial charge >= 0.3 is 5.97 Å². The van der Waals surface area contributed by atoms with Crippen molar-refractivity contribution < 1.29 is 17.9 Å². The predicted octanol–water partition coefficient (Wildman–Crippen LogP) is 3.72. The molecule has 10 heteroatoms. The molecule has 0 fully saturated rings. The molecule has 31 heavy (non-hydrogen) atoms. The largest absolute Gasteiger partial charge is 0.462 e. The molecule has 0 radical (unpaired) electrons. The monoisotopic (exact) mass is 481 g/mol. The maximum Gasteiger partial charge on any atom is 0.341 e. The van der Waals surface area contributed by atoms with Crippen molar-refractivity contribution in [2.24, 2.45) is 5.14 Å². The molecular formula is C21H27N3O4S3. The lowest BCUT2D eigenvalue weighted by atomic mass is 9.96. The first-order chi connectivity index (χ1) is 14.8. The van der Waals surface area contributed by atoms with Gasteiger partial charge in [-0.3, -0.25) is 0 Å². The number of carbonyl (C=O) groups excluding carboxylic acids is 1. The van der Waals surface area contributed by atoms with E-state index in [0.29, 0.717) is 28.8 Å². The molecule has 1 aromatic heterocycles. The summed E-state index contributed by atoms with van der Waals surface area (Å²) >= 11 is 7.02. The Kier molecular flexibility index (Phi) is 8.04. The van der Waals surface area contributed by atoms with Crippen LogP contribution in [0.2, 0.25) is 0 Å². The predicted molar refractivity (Wildman–Crippen MR) is 127 cm³/mol. The number of hydrogen-bond acceptors (Lipinski definition) is 6. The van der Waals surface area contributed by atoms with E-state index in [1.807, 2.05) is 0 Å². The molecule has 1 aromatic carbocycles. The number of hydrogen-bond donors (Lipinski definition) is 3. The van der Waals surface area contributed by atoms with Crippen LogP contribution in [0.3, 0.4) is 0 Å². The van der Waals surface area contributed by atoms with Crippen molar-refractivity contribution in [3.63, 3.8) is 0 Å². The summed E-state index contributed by atoms with van der Waals surface area (Å²) in [7, 11) is -3.72. The van der Waals surface area contributed by atoms with Crippen molar-refractivity contribution in [1.29, 1.82) is 0 Å². The lowest BCUT2D eigenvalue weighted by Gasteiger charge is -2.13. The first-order valence-electron chi connectivity index (χ1n) is 10.3. The third-order valence-electron chi connectivity index (χ3n) is 5.08. The number of thiophene rings is 1. The molecule has 1 aliphatic carbocycles. The summed E-state index contributed by atoms with van der Waals surface area (Å²) in [5.41, 5.74) is 2.54. The van der Waals surface area contributed by atoms with Crippen LogP contribution in [0.4, 0.5) is 5.00 Å².